The van der Waals surface area contributed by atoms with E-state index in [1.165, 1.54) is 21.1 Å². The lowest BCUT2D eigenvalue weighted by molar-refractivity contribution is -0.180. The molecule has 8 heteroatoms. The minimum Gasteiger partial charge on any atom is -0.575 e. The molecule has 1 aromatic carbocycles. The van der Waals surface area contributed by atoms with Crippen LogP contribution in [0.4, 0.5) is 0 Å². The first-order chi connectivity index (χ1) is 10.7. The standard InChI is InChI=1S/C15H22NO6P/c1-14(2,19-4)11-21-13(17)15(3,20-5)16-23(18)22-12-9-7-6-8-10-12/h6-10H,11H2,1-5H3/t15-/m1/s1. The first-order valence-corrected chi connectivity index (χ1v) is 8.06. The van der Waals surface area contributed by atoms with Crippen LogP contribution in [0.1, 0.15) is 20.8 Å². The highest BCUT2D eigenvalue weighted by atomic mass is 31.1. The minimum atomic E-state index is -2.51. The van der Waals surface area contributed by atoms with Gasteiger partial charge in [-0.25, -0.2) is 4.79 Å². The maximum Gasteiger partial charge on any atom is 0.398 e. The van der Waals surface area contributed by atoms with Crippen molar-refractivity contribution >= 4 is 14.1 Å². The largest absolute Gasteiger partial charge is 0.575 e. The molecular formula is C15H22NO6P. The normalized spacial score (nSPS) is 15.0. The molecule has 0 radical (unpaired) electrons. The Morgan fingerprint density at radius 2 is 1.78 bits per heavy atom. The van der Waals surface area contributed by atoms with Crippen LogP contribution in [0.5, 0.6) is 5.75 Å². The second kappa shape index (κ2) is 8.36. The lowest BCUT2D eigenvalue weighted by atomic mass is 10.1. The molecule has 0 spiro atoms. The second-order valence-electron chi connectivity index (χ2n) is 5.47. The van der Waals surface area contributed by atoms with Gasteiger partial charge in [0.1, 0.15) is 6.61 Å². The number of carbonyl (C=O) groups is 1. The predicted octanol–water partition coefficient (Wildman–Crippen LogP) is 2.25. The quantitative estimate of drug-likeness (QED) is 0.531. The SMILES string of the molecule is COC(C)(C)COC(=O)[C@](C)(N=[P+]([O-])Oc1ccccc1)OC. The second-order valence-corrected chi connectivity index (χ2v) is 6.33. The molecule has 0 fully saturated rings. The van der Waals surface area contributed by atoms with Gasteiger partial charge < -0.3 is 19.1 Å². The highest BCUT2D eigenvalue weighted by molar-refractivity contribution is 7.34. The summed E-state index contributed by atoms with van der Waals surface area (Å²) in [6.45, 7) is 4.89. The molecule has 0 saturated carbocycles. The van der Waals surface area contributed by atoms with Gasteiger partial charge >= 0.3 is 14.1 Å². The Hall–Kier alpha value is -1.53. The number of hydrogen-bond acceptors (Lipinski definition) is 7. The molecule has 7 nitrogen and oxygen atoms in total. The van der Waals surface area contributed by atoms with Gasteiger partial charge in [0.15, 0.2) is 5.75 Å². The Labute approximate surface area is 137 Å². The Balaban J connectivity index is 2.78. The van der Waals surface area contributed by atoms with Crippen LogP contribution in [0.3, 0.4) is 0 Å². The van der Waals surface area contributed by atoms with Crippen LogP contribution in [-0.4, -0.2) is 38.1 Å². The van der Waals surface area contributed by atoms with Crippen LogP contribution in [-0.2, 0) is 19.0 Å². The van der Waals surface area contributed by atoms with Crippen molar-refractivity contribution in [3.8, 4) is 5.75 Å². The summed E-state index contributed by atoms with van der Waals surface area (Å²) in [5.41, 5.74) is -2.38. The summed E-state index contributed by atoms with van der Waals surface area (Å²) in [5.74, 6) is -0.394. The molecule has 0 aliphatic carbocycles. The number of carbonyl (C=O) groups excluding carboxylic acids is 1. The molecule has 0 aromatic heterocycles. The van der Waals surface area contributed by atoms with Gasteiger partial charge in [0.25, 0.3) is 5.72 Å². The van der Waals surface area contributed by atoms with Crippen molar-refractivity contribution in [2.75, 3.05) is 20.8 Å². The fourth-order valence-electron chi connectivity index (χ4n) is 1.34. The molecule has 0 amide bonds. The molecule has 0 N–H and O–H groups in total. The third-order valence-electron chi connectivity index (χ3n) is 3.08. The zero-order valence-corrected chi connectivity index (χ0v) is 14.8. The molecule has 1 aromatic rings. The maximum atomic E-state index is 12.2. The fraction of sp³-hybridized carbons (Fsp3) is 0.533. The monoisotopic (exact) mass is 343 g/mol. The van der Waals surface area contributed by atoms with Crippen molar-refractivity contribution in [3.63, 3.8) is 0 Å². The van der Waals surface area contributed by atoms with Gasteiger partial charge in [0, 0.05) is 21.1 Å². The molecule has 1 unspecified atom stereocenters. The van der Waals surface area contributed by atoms with E-state index in [9.17, 15) is 9.69 Å². The number of ether oxygens (including phenoxy) is 3. The van der Waals surface area contributed by atoms with Crippen molar-refractivity contribution in [1.29, 1.82) is 0 Å². The number of methoxy groups -OCH3 is 2. The number of rotatable bonds is 8. The van der Waals surface area contributed by atoms with E-state index in [1.54, 1.807) is 44.2 Å². The Morgan fingerprint density at radius 1 is 1.17 bits per heavy atom. The molecule has 0 aliphatic rings. The van der Waals surface area contributed by atoms with Gasteiger partial charge in [0.05, 0.1) is 5.60 Å². The van der Waals surface area contributed by atoms with E-state index in [2.05, 4.69) is 4.74 Å². The van der Waals surface area contributed by atoms with E-state index >= 15 is 0 Å². The zero-order valence-electron chi connectivity index (χ0n) is 13.9. The lowest BCUT2D eigenvalue weighted by Crippen LogP contribution is -2.40. The first-order valence-electron chi connectivity index (χ1n) is 6.93. The molecule has 0 saturated heterocycles. The Bertz CT molecular complexity index is 548. The predicted molar refractivity (Wildman–Crippen MR) is 83.9 cm³/mol. The molecule has 128 valence electrons. The average Bonchev–Trinajstić information content (AvgIpc) is 2.53. The summed E-state index contributed by atoms with van der Waals surface area (Å²) in [6, 6.07) is 8.52. The van der Waals surface area contributed by atoms with Crippen molar-refractivity contribution in [2.24, 2.45) is 4.74 Å². The maximum absolute atomic E-state index is 12.2. The van der Waals surface area contributed by atoms with E-state index in [4.69, 9.17) is 18.7 Å². The third kappa shape index (κ3) is 6.23. The third-order valence-corrected chi connectivity index (χ3v) is 3.99. The summed E-state index contributed by atoms with van der Waals surface area (Å²) in [5, 5.41) is 0. The van der Waals surface area contributed by atoms with Crippen LogP contribution in [0, 0.1) is 0 Å². The van der Waals surface area contributed by atoms with Gasteiger partial charge in [-0.05, 0) is 30.7 Å². The van der Waals surface area contributed by atoms with Crippen LogP contribution in [0.25, 0.3) is 0 Å². The summed E-state index contributed by atoms with van der Waals surface area (Å²) in [4.78, 5) is 24.2. The van der Waals surface area contributed by atoms with Crippen LogP contribution < -0.4 is 9.42 Å². The zero-order chi connectivity index (χ0) is 17.5. The van der Waals surface area contributed by atoms with E-state index in [1.807, 2.05) is 0 Å². The summed E-state index contributed by atoms with van der Waals surface area (Å²) in [7, 11) is 0.280. The van der Waals surface area contributed by atoms with Crippen LogP contribution >= 0.6 is 8.17 Å². The number of esters is 1. The molecule has 2 atom stereocenters. The number of hydrogen-bond donors (Lipinski definition) is 0. The molecule has 0 heterocycles. The number of para-hydroxylation sites is 1. The van der Waals surface area contributed by atoms with E-state index in [-0.39, 0.29) is 6.61 Å². The van der Waals surface area contributed by atoms with Crippen molar-refractivity contribution in [1.82, 2.24) is 0 Å². The van der Waals surface area contributed by atoms with Gasteiger partial charge in [-0.1, -0.05) is 18.2 Å². The minimum absolute atomic E-state index is 0.00707. The molecule has 23 heavy (non-hydrogen) atoms. The summed E-state index contributed by atoms with van der Waals surface area (Å²) >= 11 is 0. The van der Waals surface area contributed by atoms with Crippen molar-refractivity contribution in [2.45, 2.75) is 32.1 Å². The average molecular weight is 343 g/mol. The van der Waals surface area contributed by atoms with Crippen LogP contribution in [0.15, 0.2) is 35.1 Å². The lowest BCUT2D eigenvalue weighted by Gasteiger charge is -2.25. The van der Waals surface area contributed by atoms with Crippen molar-refractivity contribution < 1.29 is 28.4 Å². The smallest absolute Gasteiger partial charge is 0.398 e. The topological polar surface area (TPSA) is 89.4 Å². The van der Waals surface area contributed by atoms with E-state index in [0.717, 1.165) is 0 Å². The highest BCUT2D eigenvalue weighted by Gasteiger charge is 2.40. The van der Waals surface area contributed by atoms with Crippen molar-refractivity contribution in [3.05, 3.63) is 30.3 Å². The molecule has 0 aliphatic heterocycles. The first kappa shape index (κ1) is 19.5. The van der Waals surface area contributed by atoms with Gasteiger partial charge in [-0.15, -0.1) is 0 Å². The Morgan fingerprint density at radius 3 is 2.30 bits per heavy atom. The van der Waals surface area contributed by atoms with Gasteiger partial charge in [-0.2, -0.15) is 0 Å². The highest BCUT2D eigenvalue weighted by Crippen LogP contribution is 2.28. The number of benzene rings is 1. The molecular weight excluding hydrogens is 321 g/mol. The number of nitrogens with zero attached hydrogens (tertiary/aromatic N) is 1. The Kier molecular flexibility index (Phi) is 7.09. The van der Waals surface area contributed by atoms with Gasteiger partial charge in [0.2, 0.25) is 0 Å². The van der Waals surface area contributed by atoms with E-state index in [0.29, 0.717) is 5.75 Å². The molecule has 0 bridgehead atoms. The summed E-state index contributed by atoms with van der Waals surface area (Å²) in [6.07, 6.45) is 0. The fourth-order valence-corrected chi connectivity index (χ4v) is 2.16. The van der Waals surface area contributed by atoms with Crippen LogP contribution in [0.2, 0.25) is 0 Å². The molecule has 1 rings (SSSR count). The summed E-state index contributed by atoms with van der Waals surface area (Å²) < 4.78 is 24.3. The van der Waals surface area contributed by atoms with Gasteiger partial charge in [-0.3, -0.25) is 4.52 Å². The van der Waals surface area contributed by atoms with E-state index < -0.39 is 25.5 Å².